The fraction of sp³-hybridized carbons (Fsp3) is 0.176. The van der Waals surface area contributed by atoms with Crippen molar-refractivity contribution in [2.45, 2.75) is 6.54 Å². The molecular weight excluding hydrogens is 284 g/mol. The van der Waals surface area contributed by atoms with Crippen molar-refractivity contribution in [3.63, 3.8) is 0 Å². The fourth-order valence-corrected chi connectivity index (χ4v) is 2.57. The molecule has 0 radical (unpaired) electrons. The number of rotatable bonds is 4. The summed E-state index contributed by atoms with van der Waals surface area (Å²) in [7, 11) is 4.03. The molecule has 0 fully saturated rings. The van der Waals surface area contributed by atoms with Crippen LogP contribution in [0.1, 0.15) is 5.56 Å². The van der Waals surface area contributed by atoms with Crippen LogP contribution in [0.5, 0.6) is 0 Å². The monoisotopic (exact) mass is 300 g/mol. The third-order valence-electron chi connectivity index (χ3n) is 3.47. The Morgan fingerprint density at radius 2 is 1.95 bits per heavy atom. The van der Waals surface area contributed by atoms with Crippen LogP contribution < -0.4 is 10.2 Å². The van der Waals surface area contributed by atoms with Crippen molar-refractivity contribution < 1.29 is 4.42 Å². The fourth-order valence-electron chi connectivity index (χ4n) is 2.40. The van der Waals surface area contributed by atoms with Crippen molar-refractivity contribution in [2.24, 2.45) is 0 Å². The van der Waals surface area contributed by atoms with Gasteiger partial charge in [-0.05, 0) is 24.3 Å². The SMILES string of the molecule is CN(C)c1ccc(Cl)cc1NCc1coc2ccccc12. The lowest BCUT2D eigenvalue weighted by Crippen LogP contribution is -2.12. The number of benzene rings is 2. The van der Waals surface area contributed by atoms with Gasteiger partial charge >= 0.3 is 0 Å². The Hall–Kier alpha value is -2.13. The highest BCUT2D eigenvalue weighted by molar-refractivity contribution is 6.31. The zero-order valence-corrected chi connectivity index (χ0v) is 12.8. The molecule has 3 nitrogen and oxygen atoms in total. The highest BCUT2D eigenvalue weighted by Crippen LogP contribution is 2.29. The lowest BCUT2D eigenvalue weighted by molar-refractivity contribution is 0.611. The molecule has 1 aromatic heterocycles. The van der Waals surface area contributed by atoms with E-state index in [2.05, 4.69) is 16.3 Å². The average Bonchev–Trinajstić information content (AvgIpc) is 2.88. The Kier molecular flexibility index (Phi) is 3.76. The lowest BCUT2D eigenvalue weighted by atomic mass is 10.1. The topological polar surface area (TPSA) is 28.4 Å². The molecule has 0 aliphatic carbocycles. The van der Waals surface area contributed by atoms with E-state index in [4.69, 9.17) is 16.0 Å². The van der Waals surface area contributed by atoms with Crippen LogP contribution >= 0.6 is 11.6 Å². The minimum absolute atomic E-state index is 0.693. The van der Waals surface area contributed by atoms with Gasteiger partial charge in [-0.15, -0.1) is 0 Å². The first kappa shape index (κ1) is 13.8. The highest BCUT2D eigenvalue weighted by atomic mass is 35.5. The van der Waals surface area contributed by atoms with Gasteiger partial charge < -0.3 is 14.6 Å². The molecule has 0 spiro atoms. The summed E-state index contributed by atoms with van der Waals surface area (Å²) in [5.41, 5.74) is 4.16. The Morgan fingerprint density at radius 1 is 1.14 bits per heavy atom. The van der Waals surface area contributed by atoms with Gasteiger partial charge in [0.05, 0.1) is 17.6 Å². The highest BCUT2D eigenvalue weighted by Gasteiger charge is 2.08. The molecule has 2 aromatic carbocycles. The number of hydrogen-bond acceptors (Lipinski definition) is 3. The molecule has 0 bridgehead atoms. The Labute approximate surface area is 129 Å². The van der Waals surface area contributed by atoms with E-state index >= 15 is 0 Å². The van der Waals surface area contributed by atoms with Gasteiger partial charge in [0, 0.05) is 36.6 Å². The molecule has 0 aliphatic rings. The largest absolute Gasteiger partial charge is 0.464 e. The van der Waals surface area contributed by atoms with E-state index in [0.717, 1.165) is 32.9 Å². The molecule has 0 atom stereocenters. The van der Waals surface area contributed by atoms with Crippen LogP contribution in [-0.2, 0) is 6.54 Å². The third kappa shape index (κ3) is 2.83. The van der Waals surface area contributed by atoms with Crippen molar-refractivity contribution in [1.29, 1.82) is 0 Å². The molecule has 108 valence electrons. The minimum Gasteiger partial charge on any atom is -0.464 e. The van der Waals surface area contributed by atoms with Gasteiger partial charge in [-0.2, -0.15) is 0 Å². The Bertz CT molecular complexity index is 764. The van der Waals surface area contributed by atoms with Crippen LogP contribution in [0.3, 0.4) is 0 Å². The molecule has 0 aliphatic heterocycles. The van der Waals surface area contributed by atoms with Gasteiger partial charge in [0.15, 0.2) is 0 Å². The van der Waals surface area contributed by atoms with Crippen molar-refractivity contribution in [2.75, 3.05) is 24.3 Å². The second-order valence-electron chi connectivity index (χ2n) is 5.17. The van der Waals surface area contributed by atoms with Gasteiger partial charge in [0.2, 0.25) is 0 Å². The van der Waals surface area contributed by atoms with E-state index in [1.165, 1.54) is 0 Å². The van der Waals surface area contributed by atoms with Gasteiger partial charge in [0.1, 0.15) is 5.58 Å². The van der Waals surface area contributed by atoms with Gasteiger partial charge in [0.25, 0.3) is 0 Å². The van der Waals surface area contributed by atoms with Gasteiger partial charge in [-0.1, -0.05) is 29.8 Å². The van der Waals surface area contributed by atoms with Crippen LogP contribution in [-0.4, -0.2) is 14.1 Å². The number of para-hydroxylation sites is 1. The molecule has 3 rings (SSSR count). The molecule has 21 heavy (non-hydrogen) atoms. The molecule has 1 N–H and O–H groups in total. The van der Waals surface area contributed by atoms with Crippen molar-refractivity contribution in [3.8, 4) is 0 Å². The van der Waals surface area contributed by atoms with E-state index in [1.54, 1.807) is 6.26 Å². The molecule has 0 unspecified atom stereocenters. The van der Waals surface area contributed by atoms with Crippen LogP contribution in [0.4, 0.5) is 11.4 Å². The first-order valence-corrected chi connectivity index (χ1v) is 7.19. The van der Waals surface area contributed by atoms with E-state index in [1.807, 2.05) is 50.5 Å². The Morgan fingerprint density at radius 3 is 2.76 bits per heavy atom. The Balaban J connectivity index is 1.86. The maximum atomic E-state index is 6.10. The van der Waals surface area contributed by atoms with Gasteiger partial charge in [-0.3, -0.25) is 0 Å². The quantitative estimate of drug-likeness (QED) is 0.752. The number of furan rings is 1. The molecular formula is C17H17ClN2O. The predicted octanol–water partition coefficient (Wildman–Crippen LogP) is 4.76. The summed E-state index contributed by atoms with van der Waals surface area (Å²) in [6.07, 6.45) is 1.80. The van der Waals surface area contributed by atoms with Crippen LogP contribution in [0.25, 0.3) is 11.0 Å². The van der Waals surface area contributed by atoms with Crippen LogP contribution in [0.2, 0.25) is 5.02 Å². The maximum absolute atomic E-state index is 6.10. The predicted molar refractivity (Wildman–Crippen MR) is 89.3 cm³/mol. The standard InChI is InChI=1S/C17H17ClN2O/c1-20(2)16-8-7-13(18)9-15(16)19-10-12-11-21-17-6-4-3-5-14(12)17/h3-9,11,19H,10H2,1-2H3. The summed E-state index contributed by atoms with van der Waals surface area (Å²) in [6, 6.07) is 13.9. The van der Waals surface area contributed by atoms with E-state index in [0.29, 0.717) is 6.54 Å². The number of hydrogen-bond donors (Lipinski definition) is 1. The average molecular weight is 301 g/mol. The molecule has 0 amide bonds. The van der Waals surface area contributed by atoms with E-state index in [-0.39, 0.29) is 0 Å². The van der Waals surface area contributed by atoms with Crippen LogP contribution in [0.15, 0.2) is 53.1 Å². The third-order valence-corrected chi connectivity index (χ3v) is 3.71. The van der Waals surface area contributed by atoms with Crippen molar-refractivity contribution in [1.82, 2.24) is 0 Å². The summed E-state index contributed by atoms with van der Waals surface area (Å²) in [5, 5.41) is 5.30. The summed E-state index contributed by atoms with van der Waals surface area (Å²) >= 11 is 6.10. The second kappa shape index (κ2) is 5.70. The molecule has 0 saturated heterocycles. The lowest BCUT2D eigenvalue weighted by Gasteiger charge is -2.18. The summed E-state index contributed by atoms with van der Waals surface area (Å²) in [4.78, 5) is 2.06. The van der Waals surface area contributed by atoms with Crippen molar-refractivity contribution in [3.05, 3.63) is 59.3 Å². The van der Waals surface area contributed by atoms with Crippen molar-refractivity contribution >= 4 is 33.9 Å². The van der Waals surface area contributed by atoms with Gasteiger partial charge in [-0.25, -0.2) is 0 Å². The number of halogens is 1. The summed E-state index contributed by atoms with van der Waals surface area (Å²) < 4.78 is 5.56. The number of anilines is 2. The smallest absolute Gasteiger partial charge is 0.134 e. The minimum atomic E-state index is 0.693. The van der Waals surface area contributed by atoms with E-state index in [9.17, 15) is 0 Å². The zero-order chi connectivity index (χ0) is 14.8. The van der Waals surface area contributed by atoms with Crippen LogP contribution in [0, 0.1) is 0 Å². The summed E-state index contributed by atoms with van der Waals surface area (Å²) in [5.74, 6) is 0. The zero-order valence-electron chi connectivity index (χ0n) is 12.1. The first-order chi connectivity index (χ1) is 10.1. The number of nitrogens with one attached hydrogen (secondary N) is 1. The molecule has 0 saturated carbocycles. The molecule has 1 heterocycles. The first-order valence-electron chi connectivity index (χ1n) is 6.81. The second-order valence-corrected chi connectivity index (χ2v) is 5.60. The van der Waals surface area contributed by atoms with E-state index < -0.39 is 0 Å². The number of nitrogens with zero attached hydrogens (tertiary/aromatic N) is 1. The molecule has 4 heteroatoms. The number of fused-ring (bicyclic) bond motifs is 1. The summed E-state index contributed by atoms with van der Waals surface area (Å²) in [6.45, 7) is 0.693. The normalized spacial score (nSPS) is 10.8. The molecule has 3 aromatic rings. The maximum Gasteiger partial charge on any atom is 0.134 e.